The number of nitrogens with zero attached hydrogens (tertiary/aromatic N) is 2. The van der Waals surface area contributed by atoms with Crippen molar-refractivity contribution < 1.29 is 8.42 Å². The van der Waals surface area contributed by atoms with Gasteiger partial charge in [-0.05, 0) is 43.4 Å². The summed E-state index contributed by atoms with van der Waals surface area (Å²) in [4.78, 5) is 2.36. The lowest BCUT2D eigenvalue weighted by Crippen LogP contribution is -2.49. The monoisotopic (exact) mass is 424 g/mol. The average Bonchev–Trinajstić information content (AvgIpc) is 2.62. The number of nitrogens with two attached hydrogens (primary N) is 1. The van der Waals surface area contributed by atoms with Crippen molar-refractivity contribution in [3.8, 4) is 0 Å². The number of benzene rings is 2. The Hall–Kier alpha value is -1.87. The molecule has 0 aromatic heterocycles. The highest BCUT2D eigenvalue weighted by atomic mass is 35.5. The number of halogens is 1. The summed E-state index contributed by atoms with van der Waals surface area (Å²) in [5, 5.41) is 3.65. The van der Waals surface area contributed by atoms with E-state index in [0.29, 0.717) is 41.8 Å². The number of aryl methyl sites for hydroxylation is 1. The van der Waals surface area contributed by atoms with E-state index in [1.807, 2.05) is 24.0 Å². The largest absolute Gasteiger partial charge is 0.376 e. The van der Waals surface area contributed by atoms with Gasteiger partial charge in [-0.25, -0.2) is 8.42 Å². The van der Waals surface area contributed by atoms with Crippen LogP contribution in [0.25, 0.3) is 0 Å². The molecular formula is C18H21ClN4O2S2. The summed E-state index contributed by atoms with van der Waals surface area (Å²) in [7, 11) is -3.51. The Morgan fingerprint density at radius 1 is 1.11 bits per heavy atom. The van der Waals surface area contributed by atoms with Crippen LogP contribution in [-0.4, -0.2) is 44.0 Å². The van der Waals surface area contributed by atoms with Crippen LogP contribution in [0.1, 0.15) is 5.56 Å². The second-order valence-corrected chi connectivity index (χ2v) is 9.11. The lowest BCUT2D eigenvalue weighted by Gasteiger charge is -2.36. The minimum absolute atomic E-state index is 0.152. The smallest absolute Gasteiger partial charge is 0.243 e. The third kappa shape index (κ3) is 4.35. The molecule has 0 amide bonds. The summed E-state index contributed by atoms with van der Waals surface area (Å²) in [6, 6.07) is 12.4. The Balaban J connectivity index is 1.78. The number of hydrogen-bond donors (Lipinski definition) is 2. The molecule has 27 heavy (non-hydrogen) atoms. The molecular weight excluding hydrogens is 404 g/mol. The molecule has 0 radical (unpaired) electrons. The SMILES string of the molecule is Cc1ccc(S(=O)(=O)N2CCN(c3c(Cl)cccc3NC(N)=S)CC2)cc1. The standard InChI is InChI=1S/C18H21ClN4O2S2/c1-13-5-7-14(8-6-13)27(24,25)23-11-9-22(10-12-23)17-15(19)3-2-4-16(17)21-18(20)26/h2-8H,9-12H2,1H3,(H3,20,21,26). The Kier molecular flexibility index (Phi) is 5.90. The topological polar surface area (TPSA) is 78.7 Å². The summed E-state index contributed by atoms with van der Waals surface area (Å²) in [5.74, 6) is 0. The molecule has 0 spiro atoms. The number of sulfonamides is 1. The molecule has 0 aliphatic carbocycles. The van der Waals surface area contributed by atoms with Crippen LogP contribution < -0.4 is 16.0 Å². The van der Waals surface area contributed by atoms with Crippen LogP contribution in [0, 0.1) is 6.92 Å². The lowest BCUT2D eigenvalue weighted by molar-refractivity contribution is 0.385. The summed E-state index contributed by atoms with van der Waals surface area (Å²) in [6.07, 6.45) is 0. The molecule has 1 fully saturated rings. The number of para-hydroxylation sites is 1. The molecule has 1 aliphatic heterocycles. The Morgan fingerprint density at radius 3 is 2.33 bits per heavy atom. The average molecular weight is 425 g/mol. The van der Waals surface area contributed by atoms with Crippen molar-refractivity contribution in [3.05, 3.63) is 53.1 Å². The minimum atomic E-state index is -3.51. The molecule has 2 aromatic rings. The number of rotatable bonds is 4. The summed E-state index contributed by atoms with van der Waals surface area (Å²) < 4.78 is 27.2. The molecule has 1 aliphatic rings. The fourth-order valence-electron chi connectivity index (χ4n) is 3.08. The molecule has 3 rings (SSSR count). The van der Waals surface area contributed by atoms with Crippen molar-refractivity contribution >= 4 is 50.3 Å². The highest BCUT2D eigenvalue weighted by Crippen LogP contribution is 2.35. The third-order valence-corrected chi connectivity index (χ3v) is 6.78. The fourth-order valence-corrected chi connectivity index (χ4v) is 4.91. The van der Waals surface area contributed by atoms with E-state index in [9.17, 15) is 8.42 Å². The summed E-state index contributed by atoms with van der Waals surface area (Å²) in [6.45, 7) is 3.70. The second-order valence-electron chi connectivity index (χ2n) is 6.33. The van der Waals surface area contributed by atoms with E-state index in [-0.39, 0.29) is 5.11 Å². The van der Waals surface area contributed by atoms with Gasteiger partial charge in [-0.2, -0.15) is 4.31 Å². The number of anilines is 2. The highest BCUT2D eigenvalue weighted by Gasteiger charge is 2.29. The molecule has 1 heterocycles. The van der Waals surface area contributed by atoms with Crippen LogP contribution in [-0.2, 0) is 10.0 Å². The first kappa shape index (κ1) is 19.9. The number of thiocarbonyl (C=S) groups is 1. The van der Waals surface area contributed by atoms with E-state index in [4.69, 9.17) is 29.6 Å². The van der Waals surface area contributed by atoms with E-state index in [2.05, 4.69) is 5.32 Å². The van der Waals surface area contributed by atoms with Gasteiger partial charge in [-0.1, -0.05) is 35.4 Å². The molecule has 144 valence electrons. The Labute approximate surface area is 170 Å². The third-order valence-electron chi connectivity index (χ3n) is 4.46. The first-order chi connectivity index (χ1) is 12.8. The van der Waals surface area contributed by atoms with E-state index < -0.39 is 10.0 Å². The van der Waals surface area contributed by atoms with Gasteiger partial charge < -0.3 is 16.0 Å². The van der Waals surface area contributed by atoms with E-state index in [0.717, 1.165) is 11.3 Å². The summed E-state index contributed by atoms with van der Waals surface area (Å²) in [5.41, 5.74) is 8.11. The van der Waals surface area contributed by atoms with Crippen LogP contribution in [0.4, 0.5) is 11.4 Å². The van der Waals surface area contributed by atoms with Gasteiger partial charge in [0.25, 0.3) is 0 Å². The zero-order valence-electron chi connectivity index (χ0n) is 14.9. The van der Waals surface area contributed by atoms with Crippen LogP contribution in [0.5, 0.6) is 0 Å². The molecule has 0 saturated carbocycles. The zero-order chi connectivity index (χ0) is 19.6. The quantitative estimate of drug-likeness (QED) is 0.735. The fraction of sp³-hybridized carbons (Fsp3) is 0.278. The predicted octanol–water partition coefficient (Wildman–Crippen LogP) is 2.81. The van der Waals surface area contributed by atoms with Gasteiger partial charge in [0.2, 0.25) is 10.0 Å². The molecule has 3 N–H and O–H groups in total. The van der Waals surface area contributed by atoms with Gasteiger partial charge >= 0.3 is 0 Å². The molecule has 0 unspecified atom stereocenters. The molecule has 1 saturated heterocycles. The van der Waals surface area contributed by atoms with Gasteiger partial charge in [0.1, 0.15) is 0 Å². The molecule has 0 bridgehead atoms. The van der Waals surface area contributed by atoms with E-state index in [1.54, 1.807) is 30.3 Å². The Morgan fingerprint density at radius 2 is 1.74 bits per heavy atom. The van der Waals surface area contributed by atoms with Crippen LogP contribution in [0.2, 0.25) is 5.02 Å². The van der Waals surface area contributed by atoms with Crippen molar-refractivity contribution in [1.82, 2.24) is 4.31 Å². The van der Waals surface area contributed by atoms with E-state index in [1.165, 1.54) is 4.31 Å². The minimum Gasteiger partial charge on any atom is -0.376 e. The second kappa shape index (κ2) is 8.02. The van der Waals surface area contributed by atoms with Crippen molar-refractivity contribution in [2.75, 3.05) is 36.4 Å². The van der Waals surface area contributed by atoms with Crippen molar-refractivity contribution in [3.63, 3.8) is 0 Å². The highest BCUT2D eigenvalue weighted by molar-refractivity contribution is 7.89. The predicted molar refractivity (Wildman–Crippen MR) is 114 cm³/mol. The number of piperazine rings is 1. The first-order valence-corrected chi connectivity index (χ1v) is 10.7. The zero-order valence-corrected chi connectivity index (χ0v) is 17.2. The maximum atomic E-state index is 12.9. The van der Waals surface area contributed by atoms with E-state index >= 15 is 0 Å². The number of hydrogen-bond acceptors (Lipinski definition) is 4. The molecule has 2 aromatic carbocycles. The van der Waals surface area contributed by atoms with Gasteiger partial charge in [-0.3, -0.25) is 0 Å². The van der Waals surface area contributed by atoms with Crippen LogP contribution in [0.15, 0.2) is 47.4 Å². The van der Waals surface area contributed by atoms with Gasteiger partial charge in [-0.15, -0.1) is 0 Å². The first-order valence-electron chi connectivity index (χ1n) is 8.46. The van der Waals surface area contributed by atoms with Gasteiger partial charge in [0.15, 0.2) is 5.11 Å². The summed E-state index contributed by atoms with van der Waals surface area (Å²) >= 11 is 11.3. The number of nitrogens with one attached hydrogen (secondary N) is 1. The molecule has 9 heteroatoms. The lowest BCUT2D eigenvalue weighted by atomic mass is 10.2. The molecule has 0 atom stereocenters. The van der Waals surface area contributed by atoms with Crippen molar-refractivity contribution in [2.45, 2.75) is 11.8 Å². The molecule has 6 nitrogen and oxygen atoms in total. The van der Waals surface area contributed by atoms with Crippen LogP contribution >= 0.6 is 23.8 Å². The van der Waals surface area contributed by atoms with Crippen LogP contribution in [0.3, 0.4) is 0 Å². The maximum absolute atomic E-state index is 12.9. The maximum Gasteiger partial charge on any atom is 0.243 e. The van der Waals surface area contributed by atoms with Crippen molar-refractivity contribution in [2.24, 2.45) is 5.73 Å². The van der Waals surface area contributed by atoms with Gasteiger partial charge in [0.05, 0.1) is 21.3 Å². The van der Waals surface area contributed by atoms with Gasteiger partial charge in [0, 0.05) is 26.2 Å². The van der Waals surface area contributed by atoms with Crippen molar-refractivity contribution in [1.29, 1.82) is 0 Å². The Bertz CT molecular complexity index is 940. The normalized spacial score (nSPS) is 15.6.